The van der Waals surface area contributed by atoms with E-state index in [4.69, 9.17) is 5.11 Å². The predicted octanol–water partition coefficient (Wildman–Crippen LogP) is 2.51. The van der Waals surface area contributed by atoms with Crippen LogP contribution in [0.4, 0.5) is 0 Å². The zero-order valence-corrected chi connectivity index (χ0v) is 10.2. The Morgan fingerprint density at radius 1 is 1.31 bits per heavy atom. The van der Waals surface area contributed by atoms with Crippen LogP contribution in [0.25, 0.3) is 0 Å². The normalized spacial score (nSPS) is 24.6. The molecule has 0 aliphatic heterocycles. The predicted molar refractivity (Wildman–Crippen MR) is 63.4 cm³/mol. The highest BCUT2D eigenvalue weighted by atomic mass is 16.4. The number of hydrogen-bond donors (Lipinski definition) is 1. The summed E-state index contributed by atoms with van der Waals surface area (Å²) in [5.41, 5.74) is 0.123. The molecule has 0 unspecified atom stereocenters. The van der Waals surface area contributed by atoms with Crippen LogP contribution < -0.4 is 0 Å². The number of rotatable bonds is 5. The Labute approximate surface area is 97.8 Å². The van der Waals surface area contributed by atoms with Gasteiger partial charge in [-0.15, -0.1) is 0 Å². The number of aliphatic carboxylic acids is 1. The Hall–Kier alpha value is -0.570. The largest absolute Gasteiger partial charge is 0.481 e. The van der Waals surface area contributed by atoms with E-state index in [9.17, 15) is 4.79 Å². The second-order valence-corrected chi connectivity index (χ2v) is 5.78. The van der Waals surface area contributed by atoms with E-state index in [1.807, 2.05) is 0 Å². The molecule has 0 aromatic heterocycles. The molecule has 16 heavy (non-hydrogen) atoms. The van der Waals surface area contributed by atoms with Gasteiger partial charge in [0, 0.05) is 12.6 Å². The van der Waals surface area contributed by atoms with Crippen molar-refractivity contribution in [3.8, 4) is 0 Å². The van der Waals surface area contributed by atoms with Crippen molar-refractivity contribution in [1.82, 2.24) is 4.90 Å². The molecule has 0 aromatic rings. The quantitative estimate of drug-likeness (QED) is 0.781. The van der Waals surface area contributed by atoms with Crippen LogP contribution in [0.2, 0.25) is 0 Å². The van der Waals surface area contributed by atoms with Gasteiger partial charge in [-0.25, -0.2) is 0 Å². The monoisotopic (exact) mass is 225 g/mol. The first-order valence-corrected chi connectivity index (χ1v) is 6.53. The molecule has 0 amide bonds. The van der Waals surface area contributed by atoms with Gasteiger partial charge in [-0.3, -0.25) is 4.79 Å². The Morgan fingerprint density at radius 2 is 1.94 bits per heavy atom. The van der Waals surface area contributed by atoms with Gasteiger partial charge in [-0.05, 0) is 38.1 Å². The first-order chi connectivity index (χ1) is 7.61. The maximum absolute atomic E-state index is 10.8. The number of nitrogens with zero attached hydrogens (tertiary/aromatic N) is 1. The molecule has 0 aromatic carbocycles. The lowest BCUT2D eigenvalue weighted by Crippen LogP contribution is -2.38. The summed E-state index contributed by atoms with van der Waals surface area (Å²) in [7, 11) is 2.18. The van der Waals surface area contributed by atoms with Crippen molar-refractivity contribution in [1.29, 1.82) is 0 Å². The van der Waals surface area contributed by atoms with Crippen LogP contribution in [0, 0.1) is 5.41 Å². The highest BCUT2D eigenvalue weighted by Crippen LogP contribution is 2.49. The lowest BCUT2D eigenvalue weighted by molar-refractivity contribution is -0.138. The molecule has 0 bridgehead atoms. The van der Waals surface area contributed by atoms with Gasteiger partial charge >= 0.3 is 5.97 Å². The highest BCUT2D eigenvalue weighted by molar-refractivity contribution is 5.68. The summed E-state index contributed by atoms with van der Waals surface area (Å²) in [5, 5.41) is 8.89. The lowest BCUT2D eigenvalue weighted by atomic mass is 9.93. The zero-order valence-electron chi connectivity index (χ0n) is 10.2. The Kier molecular flexibility index (Phi) is 3.53. The maximum Gasteiger partial charge on any atom is 0.303 e. The van der Waals surface area contributed by atoms with Gasteiger partial charge in [-0.1, -0.05) is 19.3 Å². The van der Waals surface area contributed by atoms with Crippen LogP contribution in [0.5, 0.6) is 0 Å². The van der Waals surface area contributed by atoms with Gasteiger partial charge < -0.3 is 10.0 Å². The fourth-order valence-corrected chi connectivity index (χ4v) is 3.07. The SMILES string of the molecule is CN(CC1(CC(=O)O)CC1)C1CCCCC1. The first-order valence-electron chi connectivity index (χ1n) is 6.53. The third kappa shape index (κ3) is 2.97. The van der Waals surface area contributed by atoms with Crippen LogP contribution in [-0.4, -0.2) is 35.6 Å². The fourth-order valence-electron chi connectivity index (χ4n) is 3.07. The van der Waals surface area contributed by atoms with E-state index in [0.29, 0.717) is 12.5 Å². The molecule has 3 heteroatoms. The van der Waals surface area contributed by atoms with Crippen molar-refractivity contribution >= 4 is 5.97 Å². The van der Waals surface area contributed by atoms with Crippen molar-refractivity contribution in [2.45, 2.75) is 57.4 Å². The molecule has 0 heterocycles. The number of carboxylic acids is 1. The van der Waals surface area contributed by atoms with Crippen molar-refractivity contribution in [3.05, 3.63) is 0 Å². The molecule has 2 fully saturated rings. The van der Waals surface area contributed by atoms with E-state index in [0.717, 1.165) is 19.4 Å². The summed E-state index contributed by atoms with van der Waals surface area (Å²) in [5.74, 6) is -0.630. The van der Waals surface area contributed by atoms with E-state index in [1.165, 1.54) is 32.1 Å². The number of hydrogen-bond acceptors (Lipinski definition) is 2. The molecule has 3 nitrogen and oxygen atoms in total. The first kappa shape index (κ1) is 11.9. The molecule has 2 saturated carbocycles. The Bertz CT molecular complexity index is 255. The van der Waals surface area contributed by atoms with Gasteiger partial charge in [0.05, 0.1) is 6.42 Å². The van der Waals surface area contributed by atoms with Crippen LogP contribution in [0.15, 0.2) is 0 Å². The summed E-state index contributed by atoms with van der Waals surface area (Å²) < 4.78 is 0. The minimum Gasteiger partial charge on any atom is -0.481 e. The van der Waals surface area contributed by atoms with Gasteiger partial charge in [0.2, 0.25) is 0 Å². The van der Waals surface area contributed by atoms with E-state index >= 15 is 0 Å². The summed E-state index contributed by atoms with van der Waals surface area (Å²) in [6.45, 7) is 0.990. The zero-order chi connectivity index (χ0) is 11.6. The number of carboxylic acid groups (broad SMARTS) is 1. The topological polar surface area (TPSA) is 40.5 Å². The summed E-state index contributed by atoms with van der Waals surface area (Å²) >= 11 is 0. The van der Waals surface area contributed by atoms with Gasteiger partial charge in [-0.2, -0.15) is 0 Å². The fraction of sp³-hybridized carbons (Fsp3) is 0.923. The van der Waals surface area contributed by atoms with Crippen molar-refractivity contribution < 1.29 is 9.90 Å². The van der Waals surface area contributed by atoms with Gasteiger partial charge in [0.25, 0.3) is 0 Å². The standard InChI is InChI=1S/C13H23NO2/c1-14(11-5-3-2-4-6-11)10-13(7-8-13)9-12(15)16/h11H,2-10H2,1H3,(H,15,16). The molecular weight excluding hydrogens is 202 g/mol. The molecule has 0 spiro atoms. The lowest BCUT2D eigenvalue weighted by Gasteiger charge is -2.33. The molecule has 0 atom stereocenters. The Morgan fingerprint density at radius 3 is 2.44 bits per heavy atom. The molecule has 0 saturated heterocycles. The maximum atomic E-state index is 10.8. The van der Waals surface area contributed by atoms with E-state index in [2.05, 4.69) is 11.9 Å². The molecule has 92 valence electrons. The van der Waals surface area contributed by atoms with Crippen molar-refractivity contribution in [2.75, 3.05) is 13.6 Å². The van der Waals surface area contributed by atoms with E-state index < -0.39 is 5.97 Å². The molecule has 2 aliphatic rings. The minimum atomic E-state index is -0.630. The average molecular weight is 225 g/mol. The number of carbonyl (C=O) groups is 1. The molecular formula is C13H23NO2. The highest BCUT2D eigenvalue weighted by Gasteiger charge is 2.45. The molecule has 0 radical (unpaired) electrons. The third-order valence-electron chi connectivity index (χ3n) is 4.27. The second-order valence-electron chi connectivity index (χ2n) is 5.78. The van der Waals surface area contributed by atoms with Crippen molar-refractivity contribution in [3.63, 3.8) is 0 Å². The smallest absolute Gasteiger partial charge is 0.303 e. The molecule has 2 rings (SSSR count). The van der Waals surface area contributed by atoms with Crippen LogP contribution in [0.3, 0.4) is 0 Å². The van der Waals surface area contributed by atoms with E-state index in [-0.39, 0.29) is 5.41 Å². The Balaban J connectivity index is 1.81. The minimum absolute atomic E-state index is 0.123. The third-order valence-corrected chi connectivity index (χ3v) is 4.27. The average Bonchev–Trinajstić information content (AvgIpc) is 2.98. The van der Waals surface area contributed by atoms with Crippen molar-refractivity contribution in [2.24, 2.45) is 5.41 Å². The summed E-state index contributed by atoms with van der Waals surface area (Å²) in [6.07, 6.45) is 9.27. The van der Waals surface area contributed by atoms with Gasteiger partial charge in [0.1, 0.15) is 0 Å². The summed E-state index contributed by atoms with van der Waals surface area (Å²) in [4.78, 5) is 13.2. The summed E-state index contributed by atoms with van der Waals surface area (Å²) in [6, 6.07) is 0.708. The molecule has 2 aliphatic carbocycles. The van der Waals surface area contributed by atoms with E-state index in [1.54, 1.807) is 0 Å². The van der Waals surface area contributed by atoms with Crippen LogP contribution >= 0.6 is 0 Å². The van der Waals surface area contributed by atoms with Crippen LogP contribution in [-0.2, 0) is 4.79 Å². The van der Waals surface area contributed by atoms with Crippen LogP contribution in [0.1, 0.15) is 51.4 Å². The second kappa shape index (κ2) is 4.74. The van der Waals surface area contributed by atoms with Gasteiger partial charge in [0.15, 0.2) is 0 Å². The molecule has 1 N–H and O–H groups in total.